The molecule has 632 valence electrons. The number of rotatable bonds is 12. The quantitative estimate of drug-likeness (QED) is 0.109. The smallest absolute Gasteiger partial charge is 0.0547 e. The Kier molecular flexibility index (Phi) is 18.3. The lowest BCUT2D eigenvalue weighted by Crippen LogP contribution is -1.94. The maximum Gasteiger partial charge on any atom is 0.0547 e. The molecule has 28 rings (SSSR count). The average Bonchev–Trinajstić information content (AvgIpc) is 1.08. The predicted octanol–water partition coefficient (Wildman–Crippen LogP) is 36.0. The Morgan fingerprint density at radius 1 is 0.103 bits per heavy atom. The van der Waals surface area contributed by atoms with E-state index < -0.39 is 0 Å². The highest BCUT2D eigenvalue weighted by Gasteiger charge is 2.27. The van der Waals surface area contributed by atoms with Crippen LogP contribution in [-0.4, -0.2) is 18.3 Å². The molecule has 0 aliphatic heterocycles. The number of para-hydroxylation sites is 8. The van der Waals surface area contributed by atoms with E-state index >= 15 is 0 Å². The summed E-state index contributed by atoms with van der Waals surface area (Å²) >= 11 is 0. The van der Waals surface area contributed by atoms with Gasteiger partial charge in [0.25, 0.3) is 0 Å². The molecule has 4 nitrogen and oxygen atoms in total. The number of benzene rings is 24. The van der Waals surface area contributed by atoms with Gasteiger partial charge in [-0.05, 0) is 275 Å². The Hall–Kier alpha value is -18.0. The van der Waals surface area contributed by atoms with Gasteiger partial charge < -0.3 is 18.3 Å². The molecule has 0 saturated heterocycles. The number of hydrogen-bond acceptors (Lipinski definition) is 0. The molecular formula is C132H84N4. The van der Waals surface area contributed by atoms with Gasteiger partial charge >= 0.3 is 0 Å². The lowest BCUT2D eigenvalue weighted by Gasteiger charge is -2.20. The molecule has 0 aliphatic rings. The third-order valence-corrected chi connectivity index (χ3v) is 28.6. The van der Waals surface area contributed by atoms with Crippen molar-refractivity contribution >= 4 is 152 Å². The third kappa shape index (κ3) is 12.4. The Balaban J connectivity index is 0.000000138. The summed E-state index contributed by atoms with van der Waals surface area (Å²) in [4.78, 5) is 0. The monoisotopic (exact) mass is 1720 g/mol. The van der Waals surface area contributed by atoms with Crippen molar-refractivity contribution in [2.24, 2.45) is 0 Å². The van der Waals surface area contributed by atoms with Crippen molar-refractivity contribution in [2.75, 3.05) is 0 Å². The number of fused-ring (bicyclic) bond motifs is 18. The van der Waals surface area contributed by atoms with Crippen LogP contribution in [0.4, 0.5) is 0 Å². The van der Waals surface area contributed by atoms with E-state index in [0.717, 1.165) is 22.7 Å². The van der Waals surface area contributed by atoms with Crippen molar-refractivity contribution in [3.63, 3.8) is 0 Å². The van der Waals surface area contributed by atoms with Gasteiger partial charge in [-0.1, -0.05) is 388 Å². The Bertz CT molecular complexity index is 9270. The van der Waals surface area contributed by atoms with Crippen LogP contribution in [0, 0.1) is 0 Å². The molecule has 0 amide bonds. The van der Waals surface area contributed by atoms with Crippen molar-refractivity contribution < 1.29 is 0 Å². The average molecular weight is 1730 g/mol. The highest BCUT2D eigenvalue weighted by Crippen LogP contribution is 2.53. The van der Waals surface area contributed by atoms with Crippen LogP contribution in [0.3, 0.4) is 0 Å². The van der Waals surface area contributed by atoms with Crippen molar-refractivity contribution in [3.05, 3.63) is 510 Å². The molecule has 28 aromatic rings. The molecule has 0 unspecified atom stereocenters. The van der Waals surface area contributed by atoms with Crippen molar-refractivity contribution in [3.8, 4) is 112 Å². The zero-order valence-electron chi connectivity index (χ0n) is 74.3. The fourth-order valence-electron chi connectivity index (χ4n) is 22.8. The molecule has 4 heterocycles. The molecule has 0 N–H and O–H groups in total. The van der Waals surface area contributed by atoms with E-state index in [9.17, 15) is 0 Å². The van der Waals surface area contributed by atoms with E-state index in [1.807, 2.05) is 0 Å². The first-order chi connectivity index (χ1) is 67.6. The first-order valence-electron chi connectivity index (χ1n) is 47.0. The summed E-state index contributed by atoms with van der Waals surface area (Å²) in [6.07, 6.45) is 0. The topological polar surface area (TPSA) is 19.7 Å². The second-order valence-electron chi connectivity index (χ2n) is 35.9. The van der Waals surface area contributed by atoms with Gasteiger partial charge in [0.05, 0.1) is 44.1 Å². The molecule has 0 radical (unpaired) electrons. The number of hydrogen-bond donors (Lipinski definition) is 0. The van der Waals surface area contributed by atoms with Gasteiger partial charge in [0.2, 0.25) is 0 Å². The largest absolute Gasteiger partial charge is 0.309 e. The highest BCUT2D eigenvalue weighted by molar-refractivity contribution is 6.29. The maximum atomic E-state index is 2.50. The molecular weight excluding hydrogens is 1640 g/mol. The van der Waals surface area contributed by atoms with Crippen LogP contribution in [-0.2, 0) is 0 Å². The second-order valence-corrected chi connectivity index (χ2v) is 35.9. The lowest BCUT2D eigenvalue weighted by molar-refractivity contribution is 1.18. The van der Waals surface area contributed by atoms with Crippen LogP contribution in [0.1, 0.15) is 0 Å². The predicted molar refractivity (Wildman–Crippen MR) is 579 cm³/mol. The highest BCUT2D eigenvalue weighted by atomic mass is 15.0. The van der Waals surface area contributed by atoms with E-state index in [1.165, 1.54) is 241 Å². The fourth-order valence-corrected chi connectivity index (χ4v) is 22.8. The van der Waals surface area contributed by atoms with E-state index in [0.29, 0.717) is 0 Å². The second kappa shape index (κ2) is 32.0. The molecule has 4 heteroatoms. The van der Waals surface area contributed by atoms with Gasteiger partial charge in [-0.2, -0.15) is 0 Å². The minimum absolute atomic E-state index is 1.15. The van der Waals surface area contributed by atoms with E-state index in [4.69, 9.17) is 0 Å². The Morgan fingerprint density at radius 2 is 0.331 bits per heavy atom. The zero-order valence-corrected chi connectivity index (χ0v) is 74.3. The first kappa shape index (κ1) is 77.9. The summed E-state index contributed by atoms with van der Waals surface area (Å²) in [5.41, 5.74) is 33.8. The van der Waals surface area contributed by atoms with Gasteiger partial charge in [-0.3, -0.25) is 0 Å². The minimum atomic E-state index is 1.15. The van der Waals surface area contributed by atoms with Crippen LogP contribution < -0.4 is 0 Å². The molecule has 0 atom stereocenters. The third-order valence-electron chi connectivity index (χ3n) is 28.6. The summed E-state index contributed by atoms with van der Waals surface area (Å²) in [5, 5.41) is 24.8. The van der Waals surface area contributed by atoms with Crippen LogP contribution in [0.2, 0.25) is 0 Å². The standard InChI is InChI=1S/2C66H42N2/c1-4-20-43(21-5-1)46-40-41-55(48-27-11-10-26-47(46)48)64-53-32-16-30-49(51-34-18-38-62-65(51)56-28-12-14-36-60(56)67(62)44-22-6-2-7-23-44)58(53)42-59-50(31-17-33-54(59)64)52-35-19-39-63-66(52)57-29-13-15-37-61(57)68(63)45-24-8-3-9-25-45;1-4-18-43(19-5-1)50-36-37-57(52-25-11-10-24-51(50)52)66-55-30-16-28-48(44-34-38-64-60(40-44)53-26-12-14-32-62(53)67(64)46-20-6-2-7-21-46)58(55)42-59-49(29-17-31-56(59)66)45-35-39-65-61(41-45)54-27-13-15-33-63(54)68(65)47-22-8-3-9-23-47/h2*1-42H. The molecule has 0 fully saturated rings. The SMILES string of the molecule is c1ccc(-c2ccc(-c3c4cccc(-c5ccc6c(c5)c5ccccc5n6-c5ccccc5)c4cc4c(-c5ccc6c(c5)c5ccccc5n6-c5ccccc5)cccc34)c3ccccc23)cc1.c1ccc(-c2ccc(-c3c4cccc(-c5cccc6c5c5ccccc5n6-c5ccccc5)c4cc4c(-c5cccc6c5c5ccccc5n6-c5ccccc5)cccc34)c3ccccc23)cc1. The molecule has 0 saturated carbocycles. The van der Waals surface area contributed by atoms with E-state index in [2.05, 4.69) is 528 Å². The minimum Gasteiger partial charge on any atom is -0.309 e. The summed E-state index contributed by atoms with van der Waals surface area (Å²) in [6, 6.07) is 188. The summed E-state index contributed by atoms with van der Waals surface area (Å²) < 4.78 is 9.64. The summed E-state index contributed by atoms with van der Waals surface area (Å²) in [5.74, 6) is 0. The van der Waals surface area contributed by atoms with Gasteiger partial charge in [-0.15, -0.1) is 0 Å². The molecule has 24 aromatic carbocycles. The van der Waals surface area contributed by atoms with Gasteiger partial charge in [0.15, 0.2) is 0 Å². The fraction of sp³-hybridized carbons (Fsp3) is 0. The van der Waals surface area contributed by atoms with E-state index in [-0.39, 0.29) is 0 Å². The normalized spacial score (nSPS) is 11.8. The lowest BCUT2D eigenvalue weighted by atomic mass is 9.83. The Labute approximate surface area is 785 Å². The molecule has 0 aliphatic carbocycles. The number of aromatic nitrogens is 4. The van der Waals surface area contributed by atoms with Crippen LogP contribution in [0.5, 0.6) is 0 Å². The van der Waals surface area contributed by atoms with Gasteiger partial charge in [-0.25, -0.2) is 0 Å². The van der Waals surface area contributed by atoms with Gasteiger partial charge in [0, 0.05) is 65.8 Å². The zero-order chi connectivity index (χ0) is 89.4. The van der Waals surface area contributed by atoms with Crippen molar-refractivity contribution in [2.45, 2.75) is 0 Å². The first-order valence-corrected chi connectivity index (χ1v) is 47.0. The van der Waals surface area contributed by atoms with Crippen molar-refractivity contribution in [1.29, 1.82) is 0 Å². The van der Waals surface area contributed by atoms with Crippen molar-refractivity contribution in [1.82, 2.24) is 18.3 Å². The van der Waals surface area contributed by atoms with E-state index in [1.54, 1.807) is 0 Å². The molecule has 4 aromatic heterocycles. The van der Waals surface area contributed by atoms with Crippen LogP contribution >= 0.6 is 0 Å². The van der Waals surface area contributed by atoms with Crippen LogP contribution in [0.15, 0.2) is 510 Å². The molecule has 0 spiro atoms. The molecule has 0 bridgehead atoms. The number of nitrogens with zero attached hydrogens (tertiary/aromatic N) is 4. The Morgan fingerprint density at radius 3 is 0.684 bits per heavy atom. The van der Waals surface area contributed by atoms with Gasteiger partial charge in [0.1, 0.15) is 0 Å². The molecule has 136 heavy (non-hydrogen) atoms. The summed E-state index contributed by atoms with van der Waals surface area (Å²) in [6.45, 7) is 0. The van der Waals surface area contributed by atoms with Crippen LogP contribution in [0.25, 0.3) is 264 Å². The maximum absolute atomic E-state index is 2.50. The summed E-state index contributed by atoms with van der Waals surface area (Å²) in [7, 11) is 0.